The van der Waals surface area contributed by atoms with Gasteiger partial charge in [-0.25, -0.2) is 0 Å². The predicted molar refractivity (Wildman–Crippen MR) is 79.8 cm³/mol. The Labute approximate surface area is 114 Å². The highest BCUT2D eigenvalue weighted by Crippen LogP contribution is 2.35. The highest BCUT2D eigenvalue weighted by molar-refractivity contribution is 4.83. The van der Waals surface area contributed by atoms with Crippen molar-refractivity contribution < 1.29 is 5.11 Å². The van der Waals surface area contributed by atoms with E-state index in [-0.39, 0.29) is 5.60 Å². The van der Waals surface area contributed by atoms with Crippen molar-refractivity contribution in [1.29, 1.82) is 0 Å². The number of hydrogen-bond donors (Lipinski definition) is 1. The van der Waals surface area contributed by atoms with Crippen molar-refractivity contribution in [1.82, 2.24) is 0 Å². The van der Waals surface area contributed by atoms with Gasteiger partial charge in [-0.2, -0.15) is 0 Å². The minimum absolute atomic E-state index is 0.311. The summed E-state index contributed by atoms with van der Waals surface area (Å²) >= 11 is 0. The lowest BCUT2D eigenvalue weighted by Gasteiger charge is -2.26. The van der Waals surface area contributed by atoms with Gasteiger partial charge in [-0.1, -0.05) is 71.6 Å². The van der Waals surface area contributed by atoms with Gasteiger partial charge in [-0.15, -0.1) is 0 Å². The molecule has 0 amide bonds. The first kappa shape index (κ1) is 16.0. The monoisotopic (exact) mass is 254 g/mol. The third-order valence-electron chi connectivity index (χ3n) is 4.85. The van der Waals surface area contributed by atoms with Crippen molar-refractivity contribution in [3.8, 4) is 0 Å². The van der Waals surface area contributed by atoms with Crippen LogP contribution in [0.15, 0.2) is 0 Å². The first-order valence-electron chi connectivity index (χ1n) is 8.42. The van der Waals surface area contributed by atoms with Gasteiger partial charge in [0, 0.05) is 0 Å². The SMILES string of the molecule is CCCCCCCCC1(O)CCCC(CC)CC1. The first-order chi connectivity index (χ1) is 8.70. The molecule has 0 saturated heterocycles. The van der Waals surface area contributed by atoms with Gasteiger partial charge >= 0.3 is 0 Å². The van der Waals surface area contributed by atoms with E-state index in [0.29, 0.717) is 0 Å². The molecule has 1 heteroatoms. The summed E-state index contributed by atoms with van der Waals surface area (Å²) in [6, 6.07) is 0. The molecule has 0 bridgehead atoms. The Kier molecular flexibility index (Phi) is 7.97. The lowest BCUT2D eigenvalue weighted by molar-refractivity contribution is 0.0130. The molecule has 0 radical (unpaired) electrons. The van der Waals surface area contributed by atoms with E-state index in [2.05, 4.69) is 13.8 Å². The fourth-order valence-corrected chi connectivity index (χ4v) is 3.35. The van der Waals surface area contributed by atoms with Crippen molar-refractivity contribution in [2.75, 3.05) is 0 Å². The van der Waals surface area contributed by atoms with E-state index in [4.69, 9.17) is 0 Å². The van der Waals surface area contributed by atoms with Gasteiger partial charge < -0.3 is 5.11 Å². The standard InChI is InChI=1S/C17H34O/c1-3-5-6-7-8-9-13-17(18)14-10-11-16(4-2)12-15-17/h16,18H,3-15H2,1-2H3. The zero-order valence-corrected chi connectivity index (χ0v) is 12.7. The van der Waals surface area contributed by atoms with E-state index in [9.17, 15) is 5.11 Å². The summed E-state index contributed by atoms with van der Waals surface area (Å²) in [6.45, 7) is 4.56. The lowest BCUT2D eigenvalue weighted by atomic mass is 9.88. The average Bonchev–Trinajstić information content (AvgIpc) is 2.56. The summed E-state index contributed by atoms with van der Waals surface area (Å²) in [4.78, 5) is 0. The zero-order valence-electron chi connectivity index (χ0n) is 12.7. The van der Waals surface area contributed by atoms with Crippen LogP contribution in [0, 0.1) is 5.92 Å². The van der Waals surface area contributed by atoms with E-state index in [1.807, 2.05) is 0 Å². The first-order valence-corrected chi connectivity index (χ1v) is 8.42. The molecule has 1 saturated carbocycles. The van der Waals surface area contributed by atoms with Crippen LogP contribution in [0.5, 0.6) is 0 Å². The molecule has 18 heavy (non-hydrogen) atoms. The fourth-order valence-electron chi connectivity index (χ4n) is 3.35. The molecule has 0 aromatic heterocycles. The van der Waals surface area contributed by atoms with E-state index in [0.717, 1.165) is 25.2 Å². The molecular formula is C17H34O. The molecule has 0 heterocycles. The molecule has 2 atom stereocenters. The molecule has 1 fully saturated rings. The quantitative estimate of drug-likeness (QED) is 0.450. The normalized spacial score (nSPS) is 29.2. The Morgan fingerprint density at radius 1 is 0.944 bits per heavy atom. The third kappa shape index (κ3) is 6.22. The average molecular weight is 254 g/mol. The summed E-state index contributed by atoms with van der Waals surface area (Å²) in [5, 5.41) is 10.7. The second-order valence-electron chi connectivity index (χ2n) is 6.45. The topological polar surface area (TPSA) is 20.2 Å². The number of rotatable bonds is 8. The highest BCUT2D eigenvalue weighted by atomic mass is 16.3. The summed E-state index contributed by atoms with van der Waals surface area (Å²) in [5.41, 5.74) is -0.311. The van der Waals surface area contributed by atoms with E-state index in [1.165, 1.54) is 64.2 Å². The molecule has 2 unspecified atom stereocenters. The summed E-state index contributed by atoms with van der Waals surface area (Å²) in [6.07, 6.45) is 16.3. The molecule has 0 aromatic carbocycles. The Bertz CT molecular complexity index is 202. The zero-order chi connectivity index (χ0) is 13.3. The van der Waals surface area contributed by atoms with Crippen molar-refractivity contribution in [3.05, 3.63) is 0 Å². The van der Waals surface area contributed by atoms with Gasteiger partial charge in [0.2, 0.25) is 0 Å². The second kappa shape index (κ2) is 8.96. The molecule has 1 nitrogen and oxygen atoms in total. The van der Waals surface area contributed by atoms with Crippen LogP contribution in [-0.2, 0) is 0 Å². The fraction of sp³-hybridized carbons (Fsp3) is 1.00. The molecule has 108 valence electrons. The van der Waals surface area contributed by atoms with Crippen molar-refractivity contribution in [2.24, 2.45) is 5.92 Å². The molecule has 1 rings (SSSR count). The number of aliphatic hydroxyl groups is 1. The maximum atomic E-state index is 10.7. The Morgan fingerprint density at radius 3 is 2.39 bits per heavy atom. The Morgan fingerprint density at radius 2 is 1.67 bits per heavy atom. The van der Waals surface area contributed by atoms with Crippen molar-refractivity contribution >= 4 is 0 Å². The molecule has 1 aliphatic carbocycles. The van der Waals surface area contributed by atoms with Gasteiger partial charge in [0.25, 0.3) is 0 Å². The van der Waals surface area contributed by atoms with E-state index < -0.39 is 0 Å². The predicted octanol–water partition coefficient (Wildman–Crippen LogP) is 5.46. The third-order valence-corrected chi connectivity index (χ3v) is 4.85. The molecule has 0 aliphatic heterocycles. The van der Waals surface area contributed by atoms with Gasteiger partial charge in [0.1, 0.15) is 0 Å². The van der Waals surface area contributed by atoms with Crippen molar-refractivity contribution in [2.45, 2.75) is 103 Å². The Balaban J connectivity index is 2.15. The van der Waals surface area contributed by atoms with E-state index >= 15 is 0 Å². The maximum Gasteiger partial charge on any atom is 0.0648 e. The summed E-state index contributed by atoms with van der Waals surface area (Å²) in [5.74, 6) is 0.878. The van der Waals surface area contributed by atoms with Crippen LogP contribution in [0.25, 0.3) is 0 Å². The largest absolute Gasteiger partial charge is 0.390 e. The highest BCUT2D eigenvalue weighted by Gasteiger charge is 2.29. The Hall–Kier alpha value is -0.0400. The van der Waals surface area contributed by atoms with Gasteiger partial charge in [0.15, 0.2) is 0 Å². The minimum atomic E-state index is -0.311. The minimum Gasteiger partial charge on any atom is -0.390 e. The number of hydrogen-bond acceptors (Lipinski definition) is 1. The maximum absolute atomic E-state index is 10.7. The van der Waals surface area contributed by atoms with Crippen LogP contribution in [-0.4, -0.2) is 10.7 Å². The molecule has 1 aliphatic rings. The molecule has 0 spiro atoms. The van der Waals surface area contributed by atoms with Crippen LogP contribution in [0.3, 0.4) is 0 Å². The number of unbranched alkanes of at least 4 members (excludes halogenated alkanes) is 5. The second-order valence-corrected chi connectivity index (χ2v) is 6.45. The van der Waals surface area contributed by atoms with Crippen LogP contribution in [0.4, 0.5) is 0 Å². The van der Waals surface area contributed by atoms with Gasteiger partial charge in [-0.3, -0.25) is 0 Å². The molecule has 1 N–H and O–H groups in total. The van der Waals surface area contributed by atoms with Crippen LogP contribution in [0.1, 0.15) is 97.3 Å². The van der Waals surface area contributed by atoms with Crippen LogP contribution >= 0.6 is 0 Å². The molecular weight excluding hydrogens is 220 g/mol. The lowest BCUT2D eigenvalue weighted by Crippen LogP contribution is -2.27. The van der Waals surface area contributed by atoms with Gasteiger partial charge in [0.05, 0.1) is 5.60 Å². The van der Waals surface area contributed by atoms with Crippen molar-refractivity contribution in [3.63, 3.8) is 0 Å². The van der Waals surface area contributed by atoms with Gasteiger partial charge in [-0.05, 0) is 31.6 Å². The van der Waals surface area contributed by atoms with Crippen LogP contribution in [0.2, 0.25) is 0 Å². The van der Waals surface area contributed by atoms with Crippen LogP contribution < -0.4 is 0 Å². The summed E-state index contributed by atoms with van der Waals surface area (Å²) in [7, 11) is 0. The van der Waals surface area contributed by atoms with E-state index in [1.54, 1.807) is 0 Å². The smallest absolute Gasteiger partial charge is 0.0648 e. The molecule has 0 aromatic rings. The summed E-state index contributed by atoms with van der Waals surface area (Å²) < 4.78 is 0.